The molecule has 0 saturated carbocycles. The van der Waals surface area contributed by atoms with Crippen molar-refractivity contribution in [2.75, 3.05) is 24.0 Å². The Morgan fingerprint density at radius 2 is 0.810 bits per heavy atom. The first kappa shape index (κ1) is 48.8. The van der Waals surface area contributed by atoms with E-state index in [-0.39, 0.29) is 55.7 Å². The molecule has 18 nitrogen and oxygen atoms in total. The number of anilines is 2. The van der Waals surface area contributed by atoms with Crippen LogP contribution in [0.3, 0.4) is 0 Å². The number of fused-ring (bicyclic) bond motifs is 4. The predicted molar refractivity (Wildman–Crippen MR) is 297 cm³/mol. The molecule has 2 N–H and O–H groups in total. The summed E-state index contributed by atoms with van der Waals surface area (Å²) >= 11 is 0. The second-order valence-electron chi connectivity index (χ2n) is 18.8. The molecule has 79 heavy (non-hydrogen) atoms. The molecule has 0 radical (unpaired) electrons. The number of methoxy groups -OCH3 is 2. The van der Waals surface area contributed by atoms with Crippen molar-refractivity contribution in [2.24, 2.45) is 20.5 Å². The van der Waals surface area contributed by atoms with Gasteiger partial charge in [0.05, 0.1) is 41.9 Å². The smallest absolute Gasteiger partial charge is 0.294 e. The molecule has 13 rings (SSSR count). The van der Waals surface area contributed by atoms with Crippen molar-refractivity contribution in [3.63, 3.8) is 0 Å². The van der Waals surface area contributed by atoms with E-state index in [0.717, 1.165) is 9.80 Å². The largest absolute Gasteiger partial charge is 0.494 e. The van der Waals surface area contributed by atoms with Crippen molar-refractivity contribution in [1.82, 2.24) is 0 Å². The van der Waals surface area contributed by atoms with Crippen LogP contribution in [0.25, 0.3) is 64.6 Å². The number of amides is 4. The Labute approximate surface area is 447 Å². The summed E-state index contributed by atoms with van der Waals surface area (Å²) in [6.07, 6.45) is 0. The Morgan fingerprint density at radius 1 is 0.418 bits per heavy atom. The Bertz CT molecular complexity index is 4790. The maximum atomic E-state index is 14.6. The lowest BCUT2D eigenvalue weighted by molar-refractivity contribution is 0.0877. The molecule has 0 spiro atoms. The van der Waals surface area contributed by atoms with Gasteiger partial charge < -0.3 is 9.47 Å². The number of azo groups is 2. The summed E-state index contributed by atoms with van der Waals surface area (Å²) in [5.74, 6) is -2.37. The van der Waals surface area contributed by atoms with E-state index in [2.05, 4.69) is 20.5 Å². The van der Waals surface area contributed by atoms with Crippen molar-refractivity contribution >= 4 is 143 Å². The summed E-state index contributed by atoms with van der Waals surface area (Å²) in [5, 5.41) is 25.3. The van der Waals surface area contributed by atoms with Crippen LogP contribution in [0, 0.1) is 0 Å². The third-order valence-electron chi connectivity index (χ3n) is 14.4. The molecule has 11 aromatic carbocycles. The number of benzene rings is 11. The van der Waals surface area contributed by atoms with Crippen molar-refractivity contribution in [2.45, 2.75) is 10.6 Å². The van der Waals surface area contributed by atoms with Gasteiger partial charge in [0.25, 0.3) is 43.9 Å². The zero-order chi connectivity index (χ0) is 54.8. The summed E-state index contributed by atoms with van der Waals surface area (Å²) in [7, 11) is -5.81. The molecule has 20 heteroatoms. The summed E-state index contributed by atoms with van der Waals surface area (Å²) in [6.45, 7) is 0. The van der Waals surface area contributed by atoms with Gasteiger partial charge in [-0.25, -0.2) is 9.80 Å². The lowest BCUT2D eigenvalue weighted by Crippen LogP contribution is -2.40. The van der Waals surface area contributed by atoms with Gasteiger partial charge in [-0.2, -0.15) is 16.8 Å². The lowest BCUT2D eigenvalue weighted by Gasteiger charge is -2.30. The fraction of sp³-hybridized carbons (Fsp3) is 0.0508. The molecule has 0 aromatic heterocycles. The third kappa shape index (κ3) is 7.83. The average Bonchev–Trinajstić information content (AvgIpc) is 3.59. The van der Waals surface area contributed by atoms with Crippen LogP contribution in [0.4, 0.5) is 34.1 Å². The predicted octanol–water partition coefficient (Wildman–Crippen LogP) is 13.1. The van der Waals surface area contributed by atoms with Crippen molar-refractivity contribution in [3.05, 3.63) is 186 Å². The maximum Gasteiger partial charge on any atom is 0.294 e. The Hall–Kier alpha value is -9.86. The molecule has 0 saturated heterocycles. The Morgan fingerprint density at radius 3 is 1.22 bits per heavy atom. The highest BCUT2D eigenvalue weighted by Crippen LogP contribution is 2.48. The summed E-state index contributed by atoms with van der Waals surface area (Å²) < 4.78 is 76.7. The normalized spacial score (nSPS) is 14.0. The van der Waals surface area contributed by atoms with E-state index >= 15 is 0 Å². The highest BCUT2D eigenvalue weighted by molar-refractivity contribution is 7.86. The SMILES string of the molecule is COc1cc(N2C(=O)c3ccc4c5ccc6c7c(ccc(c8ccc(c3c48)C2=O)c75)C(=O)N(c2ccc(N=Nc3cccc4cc(S(=O)(=O)O)ccc34)c(OC)c2)C6=O)ccc1N=Nc1cccc2cc(CS(=O)(=O)O)ccc12. The third-order valence-corrected chi connectivity index (χ3v) is 16.0. The number of hydrogen-bond acceptors (Lipinski definition) is 14. The monoisotopic (exact) mass is 1080 g/mol. The topological polar surface area (TPSA) is 251 Å². The number of nitrogens with zero attached hydrogens (tertiary/aromatic N) is 6. The van der Waals surface area contributed by atoms with Crippen LogP contribution in [-0.2, 0) is 26.0 Å². The van der Waals surface area contributed by atoms with Crippen LogP contribution >= 0.6 is 0 Å². The molecule has 0 atom stereocenters. The van der Waals surface area contributed by atoms with Crippen LogP contribution in [0.5, 0.6) is 11.5 Å². The zero-order valence-electron chi connectivity index (χ0n) is 41.2. The van der Waals surface area contributed by atoms with Crippen LogP contribution in [0.1, 0.15) is 47.0 Å². The lowest BCUT2D eigenvalue weighted by atomic mass is 9.82. The van der Waals surface area contributed by atoms with Gasteiger partial charge in [0.15, 0.2) is 0 Å². The summed E-state index contributed by atoms with van der Waals surface area (Å²) in [4.78, 5) is 60.4. The van der Waals surface area contributed by atoms with Crippen molar-refractivity contribution in [3.8, 4) is 11.5 Å². The molecular formula is C59H36N6O12S2. The fourth-order valence-electron chi connectivity index (χ4n) is 10.9. The number of imide groups is 2. The minimum Gasteiger partial charge on any atom is -0.494 e. The van der Waals surface area contributed by atoms with Crippen LogP contribution < -0.4 is 19.3 Å². The molecule has 2 aliphatic heterocycles. The van der Waals surface area contributed by atoms with E-state index < -0.39 is 49.6 Å². The minimum absolute atomic E-state index is 0.208. The summed E-state index contributed by atoms with van der Waals surface area (Å²) in [5.41, 5.74) is 3.46. The first-order chi connectivity index (χ1) is 38.0. The average molecular weight is 1090 g/mol. The number of carbonyl (C=O) groups is 4. The molecular weight excluding hydrogens is 1050 g/mol. The molecule has 2 heterocycles. The second kappa shape index (κ2) is 17.9. The number of hydrogen-bond donors (Lipinski definition) is 2. The van der Waals surface area contributed by atoms with E-state index in [1.807, 2.05) is 24.3 Å². The van der Waals surface area contributed by atoms with Crippen molar-refractivity contribution < 1.29 is 54.6 Å². The van der Waals surface area contributed by atoms with Gasteiger partial charge in [-0.05, 0) is 128 Å². The molecule has 11 aromatic rings. The van der Waals surface area contributed by atoms with Gasteiger partial charge in [0, 0.05) is 55.9 Å². The second-order valence-corrected chi connectivity index (χ2v) is 21.7. The van der Waals surface area contributed by atoms with E-state index in [0.29, 0.717) is 87.3 Å². The van der Waals surface area contributed by atoms with E-state index in [9.17, 15) is 45.1 Å². The molecule has 386 valence electrons. The van der Waals surface area contributed by atoms with Crippen LogP contribution in [0.2, 0.25) is 0 Å². The Kier molecular flexibility index (Phi) is 11.0. The number of ether oxygens (including phenoxy) is 2. The molecule has 0 unspecified atom stereocenters. The van der Waals surface area contributed by atoms with Gasteiger partial charge in [0.1, 0.15) is 28.6 Å². The number of carbonyl (C=O) groups excluding carboxylic acids is 4. The minimum atomic E-state index is -4.43. The van der Waals surface area contributed by atoms with E-state index in [4.69, 9.17) is 9.47 Å². The fourth-order valence-corrected chi connectivity index (χ4v) is 12.0. The van der Waals surface area contributed by atoms with Gasteiger partial charge >= 0.3 is 0 Å². The summed E-state index contributed by atoms with van der Waals surface area (Å²) in [6, 6.07) is 42.7. The van der Waals surface area contributed by atoms with Crippen molar-refractivity contribution in [1.29, 1.82) is 0 Å². The highest BCUT2D eigenvalue weighted by atomic mass is 32.2. The Balaban J connectivity index is 0.817. The molecule has 0 aliphatic carbocycles. The molecule has 2 aliphatic rings. The quantitative estimate of drug-likeness (QED) is 0.0403. The van der Waals surface area contributed by atoms with Crippen LogP contribution in [0.15, 0.2) is 183 Å². The van der Waals surface area contributed by atoms with E-state index in [1.54, 1.807) is 103 Å². The van der Waals surface area contributed by atoms with Gasteiger partial charge in [-0.3, -0.25) is 28.3 Å². The van der Waals surface area contributed by atoms with Gasteiger partial charge in [0.2, 0.25) is 0 Å². The molecule has 4 amide bonds. The first-order valence-corrected chi connectivity index (χ1v) is 27.2. The molecule has 0 fully saturated rings. The number of rotatable bonds is 11. The molecule has 0 bridgehead atoms. The standard InChI is InChI=1S/C59H36N6O12S2/c1-76-50-27-33(10-23-48(50)62-60-46-7-3-5-31-25-30(9-13-36(31)46)29-78(70,71)72)64-56(66)42-19-15-38-40-17-21-44-55-45(22-18-41(53(40)55)39-16-20-43(57(64)67)54(42)52(38)39)59(69)65(58(44)68)34-11-24-49(51(28-34)77-2)63-61-47-8-4-6-32-26-35(79(73,74)75)12-14-37(32)47/h3-28H,29H2,1-2H3,(H,70,71,72)(H,73,74,75). The first-order valence-electron chi connectivity index (χ1n) is 24.1. The zero-order valence-corrected chi connectivity index (χ0v) is 42.8. The maximum absolute atomic E-state index is 14.6. The highest BCUT2D eigenvalue weighted by Gasteiger charge is 2.38. The van der Waals surface area contributed by atoms with Gasteiger partial charge in [-0.1, -0.05) is 66.7 Å². The van der Waals surface area contributed by atoms with E-state index in [1.165, 1.54) is 44.6 Å². The van der Waals surface area contributed by atoms with Crippen LogP contribution in [-0.4, -0.2) is 63.8 Å². The van der Waals surface area contributed by atoms with Gasteiger partial charge in [-0.15, -0.1) is 20.5 Å².